The Balaban J connectivity index is 2.41. The fourth-order valence-corrected chi connectivity index (χ4v) is 3.96. The Labute approximate surface area is 186 Å². The summed E-state index contributed by atoms with van der Waals surface area (Å²) in [4.78, 5) is 14.3. The van der Waals surface area contributed by atoms with E-state index in [2.05, 4.69) is 93.0 Å². The van der Waals surface area contributed by atoms with Gasteiger partial charge in [-0.3, -0.25) is 9.89 Å². The molecule has 0 amide bonds. The molecule has 0 aliphatic carbocycles. The highest BCUT2D eigenvalue weighted by molar-refractivity contribution is 5.86. The SMILES string of the molecule is CC=CC=CC=CCN(C)CCC(C)C(C)N(C)CC1CCN=C1N(C)CN(C)C. The third-order valence-corrected chi connectivity index (χ3v) is 6.07. The molecular weight excluding hydrogens is 370 g/mol. The van der Waals surface area contributed by atoms with Crippen molar-refractivity contribution in [1.29, 1.82) is 0 Å². The quantitative estimate of drug-likeness (QED) is 0.336. The van der Waals surface area contributed by atoms with Crippen molar-refractivity contribution in [2.24, 2.45) is 16.8 Å². The molecular formula is C25H47N5. The Kier molecular flexibility index (Phi) is 12.9. The number of hydrogen-bond donors (Lipinski definition) is 0. The van der Waals surface area contributed by atoms with Crippen LogP contribution < -0.4 is 0 Å². The van der Waals surface area contributed by atoms with E-state index >= 15 is 0 Å². The first-order chi connectivity index (χ1) is 14.3. The summed E-state index contributed by atoms with van der Waals surface area (Å²) < 4.78 is 0. The van der Waals surface area contributed by atoms with Gasteiger partial charge in [-0.15, -0.1) is 0 Å². The third kappa shape index (κ3) is 10.1. The predicted molar refractivity (Wildman–Crippen MR) is 133 cm³/mol. The van der Waals surface area contributed by atoms with Crippen molar-refractivity contribution in [3.63, 3.8) is 0 Å². The van der Waals surface area contributed by atoms with Gasteiger partial charge in [0.15, 0.2) is 0 Å². The normalized spacial score (nSPS) is 19.8. The molecule has 0 saturated carbocycles. The monoisotopic (exact) mass is 417 g/mol. The molecule has 0 bridgehead atoms. The zero-order valence-corrected chi connectivity index (χ0v) is 20.9. The lowest BCUT2D eigenvalue weighted by molar-refractivity contribution is 0.167. The number of rotatable bonds is 13. The van der Waals surface area contributed by atoms with Gasteiger partial charge < -0.3 is 14.7 Å². The van der Waals surface area contributed by atoms with Gasteiger partial charge in [-0.25, -0.2) is 0 Å². The van der Waals surface area contributed by atoms with E-state index in [9.17, 15) is 0 Å². The van der Waals surface area contributed by atoms with Crippen LogP contribution in [0.2, 0.25) is 0 Å². The molecule has 5 heteroatoms. The largest absolute Gasteiger partial charge is 0.350 e. The van der Waals surface area contributed by atoms with E-state index in [-0.39, 0.29) is 0 Å². The van der Waals surface area contributed by atoms with E-state index < -0.39 is 0 Å². The Morgan fingerprint density at radius 2 is 1.73 bits per heavy atom. The molecule has 3 unspecified atom stereocenters. The van der Waals surface area contributed by atoms with Crippen molar-refractivity contribution < 1.29 is 0 Å². The zero-order valence-electron chi connectivity index (χ0n) is 20.9. The lowest BCUT2D eigenvalue weighted by Crippen LogP contribution is -2.44. The van der Waals surface area contributed by atoms with E-state index in [0.717, 1.165) is 32.8 Å². The van der Waals surface area contributed by atoms with Crippen molar-refractivity contribution in [2.45, 2.75) is 39.7 Å². The number of hydrogen-bond acceptors (Lipinski definition) is 5. The van der Waals surface area contributed by atoms with Crippen molar-refractivity contribution in [3.05, 3.63) is 36.5 Å². The van der Waals surface area contributed by atoms with E-state index in [1.165, 1.54) is 18.7 Å². The van der Waals surface area contributed by atoms with Crippen LogP contribution in [0.15, 0.2) is 41.4 Å². The van der Waals surface area contributed by atoms with E-state index in [1.54, 1.807) is 0 Å². The fourth-order valence-electron chi connectivity index (χ4n) is 3.96. The Bertz CT molecular complexity index is 578. The molecule has 1 rings (SSSR count). The minimum Gasteiger partial charge on any atom is -0.350 e. The minimum atomic E-state index is 0.554. The van der Waals surface area contributed by atoms with Gasteiger partial charge in [0.25, 0.3) is 0 Å². The summed E-state index contributed by atoms with van der Waals surface area (Å²) in [7, 11) is 10.9. The van der Waals surface area contributed by atoms with Gasteiger partial charge in [0.2, 0.25) is 0 Å². The topological polar surface area (TPSA) is 25.3 Å². The molecule has 172 valence electrons. The number of nitrogens with zero attached hydrogens (tertiary/aromatic N) is 5. The first kappa shape index (κ1) is 26.6. The van der Waals surface area contributed by atoms with Crippen LogP contribution in [-0.4, -0.2) is 99.6 Å². The van der Waals surface area contributed by atoms with Gasteiger partial charge in [-0.2, -0.15) is 0 Å². The third-order valence-electron chi connectivity index (χ3n) is 6.07. The van der Waals surface area contributed by atoms with Gasteiger partial charge in [-0.05, 0) is 67.3 Å². The molecule has 0 aromatic heterocycles. The summed E-state index contributed by atoms with van der Waals surface area (Å²) in [5.41, 5.74) is 0. The van der Waals surface area contributed by atoms with Gasteiger partial charge >= 0.3 is 0 Å². The Hall–Kier alpha value is -1.43. The number of amidine groups is 1. The van der Waals surface area contributed by atoms with Crippen LogP contribution >= 0.6 is 0 Å². The summed E-state index contributed by atoms with van der Waals surface area (Å²) in [5, 5.41) is 0. The van der Waals surface area contributed by atoms with Crippen LogP contribution in [0.25, 0.3) is 0 Å². The van der Waals surface area contributed by atoms with Crippen LogP contribution in [0.1, 0.15) is 33.6 Å². The predicted octanol–water partition coefficient (Wildman–Crippen LogP) is 3.82. The second-order valence-electron chi connectivity index (χ2n) is 9.19. The van der Waals surface area contributed by atoms with Crippen molar-refractivity contribution >= 4 is 5.84 Å². The molecule has 30 heavy (non-hydrogen) atoms. The molecule has 0 aromatic rings. The van der Waals surface area contributed by atoms with Crippen LogP contribution in [0.3, 0.4) is 0 Å². The van der Waals surface area contributed by atoms with E-state index in [1.807, 2.05) is 19.1 Å². The van der Waals surface area contributed by atoms with E-state index in [4.69, 9.17) is 4.99 Å². The highest BCUT2D eigenvalue weighted by Crippen LogP contribution is 2.21. The van der Waals surface area contributed by atoms with Crippen molar-refractivity contribution in [2.75, 3.05) is 68.1 Å². The van der Waals surface area contributed by atoms with Gasteiger partial charge in [0.1, 0.15) is 5.84 Å². The van der Waals surface area contributed by atoms with Crippen molar-refractivity contribution in [3.8, 4) is 0 Å². The maximum absolute atomic E-state index is 4.81. The van der Waals surface area contributed by atoms with Crippen molar-refractivity contribution in [1.82, 2.24) is 19.6 Å². The first-order valence-corrected chi connectivity index (χ1v) is 11.5. The van der Waals surface area contributed by atoms with E-state index in [0.29, 0.717) is 17.9 Å². The zero-order chi connectivity index (χ0) is 22.5. The average Bonchev–Trinajstić information content (AvgIpc) is 3.15. The number of likely N-dealkylation sites (N-methyl/N-ethyl adjacent to an activating group) is 1. The molecule has 1 aliphatic rings. The summed E-state index contributed by atoms with van der Waals surface area (Å²) in [6.07, 6.45) is 15.0. The molecule has 1 aliphatic heterocycles. The second kappa shape index (κ2) is 14.6. The molecule has 1 heterocycles. The summed E-state index contributed by atoms with van der Waals surface area (Å²) in [6, 6.07) is 0.568. The number of aliphatic imine (C=N–C) groups is 1. The van der Waals surface area contributed by atoms with Crippen LogP contribution in [0.5, 0.6) is 0 Å². The molecule has 5 nitrogen and oxygen atoms in total. The second-order valence-corrected chi connectivity index (χ2v) is 9.19. The maximum Gasteiger partial charge on any atom is 0.104 e. The lowest BCUT2D eigenvalue weighted by Gasteiger charge is -2.34. The van der Waals surface area contributed by atoms with Crippen LogP contribution in [0.4, 0.5) is 0 Å². The maximum atomic E-state index is 4.81. The Morgan fingerprint density at radius 1 is 1.03 bits per heavy atom. The molecule has 0 radical (unpaired) electrons. The minimum absolute atomic E-state index is 0.554. The van der Waals surface area contributed by atoms with Crippen LogP contribution in [-0.2, 0) is 0 Å². The lowest BCUT2D eigenvalue weighted by atomic mass is 9.96. The Morgan fingerprint density at radius 3 is 2.40 bits per heavy atom. The molecule has 0 N–H and O–H groups in total. The van der Waals surface area contributed by atoms with Gasteiger partial charge in [-0.1, -0.05) is 43.4 Å². The molecule has 0 fully saturated rings. The smallest absolute Gasteiger partial charge is 0.104 e. The standard InChI is InChI=1S/C25H47N5/c1-9-10-11-12-13-14-18-28(6)19-16-22(2)23(3)29(7)20-24-15-17-26-25(24)30(8)21-27(4)5/h9-14,22-24H,15-21H2,1-8H3. The highest BCUT2D eigenvalue weighted by Gasteiger charge is 2.28. The summed E-state index contributed by atoms with van der Waals surface area (Å²) in [6.45, 7) is 11.9. The molecule has 0 aromatic carbocycles. The highest BCUT2D eigenvalue weighted by atomic mass is 15.3. The summed E-state index contributed by atoms with van der Waals surface area (Å²) in [5.74, 6) is 2.50. The molecule has 0 spiro atoms. The fraction of sp³-hybridized carbons (Fsp3) is 0.720. The molecule has 0 saturated heterocycles. The first-order valence-electron chi connectivity index (χ1n) is 11.5. The average molecular weight is 418 g/mol. The van der Waals surface area contributed by atoms with Gasteiger partial charge in [0, 0.05) is 38.6 Å². The summed E-state index contributed by atoms with van der Waals surface area (Å²) >= 11 is 0. The number of allylic oxidation sites excluding steroid dienone is 5. The van der Waals surface area contributed by atoms with Crippen LogP contribution in [0, 0.1) is 11.8 Å². The molecule has 3 atom stereocenters. The van der Waals surface area contributed by atoms with Gasteiger partial charge in [0.05, 0.1) is 6.67 Å².